The van der Waals surface area contributed by atoms with Crippen LogP contribution in [-0.4, -0.2) is 34.7 Å². The van der Waals surface area contributed by atoms with E-state index in [2.05, 4.69) is 19.9 Å². The van der Waals surface area contributed by atoms with E-state index in [1.807, 2.05) is 0 Å². The van der Waals surface area contributed by atoms with Gasteiger partial charge >= 0.3 is 5.97 Å². The molecule has 0 atom stereocenters. The number of nitrogens with one attached hydrogen (secondary N) is 2. The SMILES string of the molecule is O=C(O)c1ncsc1S(=O)(=O)NCc1cn[nH]c1. The maximum absolute atomic E-state index is 11.9. The van der Waals surface area contributed by atoms with E-state index in [0.29, 0.717) is 5.56 Å². The highest BCUT2D eigenvalue weighted by atomic mass is 32.2. The first-order chi connectivity index (χ1) is 8.50. The van der Waals surface area contributed by atoms with E-state index in [-0.39, 0.29) is 10.8 Å². The lowest BCUT2D eigenvalue weighted by Crippen LogP contribution is -2.24. The van der Waals surface area contributed by atoms with Crippen LogP contribution in [0.5, 0.6) is 0 Å². The van der Waals surface area contributed by atoms with E-state index in [1.54, 1.807) is 0 Å². The number of H-pyrrole nitrogens is 1. The Balaban J connectivity index is 2.20. The molecule has 10 heteroatoms. The molecule has 0 unspecified atom stereocenters. The van der Waals surface area contributed by atoms with Crippen molar-refractivity contribution in [2.24, 2.45) is 0 Å². The van der Waals surface area contributed by atoms with E-state index < -0.39 is 21.7 Å². The fraction of sp³-hybridized carbons (Fsp3) is 0.125. The van der Waals surface area contributed by atoms with Gasteiger partial charge < -0.3 is 5.11 Å². The number of aromatic amines is 1. The highest BCUT2D eigenvalue weighted by molar-refractivity contribution is 7.91. The fourth-order valence-electron chi connectivity index (χ4n) is 1.19. The van der Waals surface area contributed by atoms with Gasteiger partial charge in [-0.15, -0.1) is 11.3 Å². The molecule has 2 heterocycles. The molecule has 0 saturated carbocycles. The van der Waals surface area contributed by atoms with Crippen LogP contribution in [0.3, 0.4) is 0 Å². The maximum Gasteiger partial charge on any atom is 0.356 e. The molecule has 2 aromatic rings. The van der Waals surface area contributed by atoms with Crippen LogP contribution in [0, 0.1) is 0 Å². The summed E-state index contributed by atoms with van der Waals surface area (Å²) in [7, 11) is -3.89. The van der Waals surface area contributed by atoms with Crippen LogP contribution < -0.4 is 4.72 Å². The van der Waals surface area contributed by atoms with Crippen molar-refractivity contribution in [2.45, 2.75) is 10.8 Å². The summed E-state index contributed by atoms with van der Waals surface area (Å²) >= 11 is 0.756. The van der Waals surface area contributed by atoms with E-state index in [0.717, 1.165) is 11.3 Å². The Bertz CT molecular complexity index is 646. The van der Waals surface area contributed by atoms with E-state index in [1.165, 1.54) is 17.9 Å². The molecular formula is C8H8N4O4S2. The van der Waals surface area contributed by atoms with Crippen molar-refractivity contribution in [2.75, 3.05) is 0 Å². The monoisotopic (exact) mass is 288 g/mol. The van der Waals surface area contributed by atoms with Gasteiger partial charge in [-0.05, 0) is 0 Å². The Kier molecular flexibility index (Phi) is 3.41. The van der Waals surface area contributed by atoms with Crippen molar-refractivity contribution < 1.29 is 18.3 Å². The molecule has 0 amide bonds. The van der Waals surface area contributed by atoms with Crippen LogP contribution in [-0.2, 0) is 16.6 Å². The topological polar surface area (TPSA) is 125 Å². The molecule has 0 bridgehead atoms. The molecular weight excluding hydrogens is 280 g/mol. The highest BCUT2D eigenvalue weighted by Gasteiger charge is 2.25. The number of carboxylic acids is 1. The molecule has 0 fully saturated rings. The summed E-state index contributed by atoms with van der Waals surface area (Å²) in [6.45, 7) is 0.0236. The quantitative estimate of drug-likeness (QED) is 0.713. The minimum atomic E-state index is -3.89. The number of hydrogen-bond donors (Lipinski definition) is 3. The van der Waals surface area contributed by atoms with Gasteiger partial charge in [0.05, 0.1) is 11.7 Å². The molecule has 2 aromatic heterocycles. The van der Waals surface area contributed by atoms with Gasteiger partial charge in [0.1, 0.15) is 0 Å². The molecule has 0 aliphatic carbocycles. The molecule has 2 rings (SSSR count). The summed E-state index contributed by atoms with van der Waals surface area (Å²) in [6, 6.07) is 0. The first-order valence-corrected chi connectivity index (χ1v) is 7.01. The summed E-state index contributed by atoms with van der Waals surface area (Å²) in [5.41, 5.74) is 1.34. The third kappa shape index (κ3) is 2.55. The summed E-state index contributed by atoms with van der Waals surface area (Å²) < 4.78 is 25.7. The number of aromatic carboxylic acids is 1. The largest absolute Gasteiger partial charge is 0.476 e. The first-order valence-electron chi connectivity index (χ1n) is 4.65. The lowest BCUT2D eigenvalue weighted by Gasteiger charge is -2.03. The van der Waals surface area contributed by atoms with Crippen LogP contribution in [0.4, 0.5) is 0 Å². The summed E-state index contributed by atoms with van der Waals surface area (Å²) in [5.74, 6) is -1.38. The number of thiazole rings is 1. The number of carbonyl (C=O) groups is 1. The molecule has 96 valence electrons. The number of nitrogens with zero attached hydrogens (tertiary/aromatic N) is 2. The Morgan fingerprint density at radius 2 is 2.33 bits per heavy atom. The molecule has 0 radical (unpaired) electrons. The van der Waals surface area contributed by atoms with Crippen molar-refractivity contribution in [1.29, 1.82) is 0 Å². The summed E-state index contributed by atoms with van der Waals surface area (Å²) in [6.07, 6.45) is 3.00. The molecule has 3 N–H and O–H groups in total. The van der Waals surface area contributed by atoms with Crippen LogP contribution in [0.25, 0.3) is 0 Å². The Morgan fingerprint density at radius 3 is 2.94 bits per heavy atom. The molecule has 0 aliphatic rings. The lowest BCUT2D eigenvalue weighted by molar-refractivity contribution is 0.0687. The van der Waals surface area contributed by atoms with E-state index in [4.69, 9.17) is 5.11 Å². The van der Waals surface area contributed by atoms with Crippen LogP contribution >= 0.6 is 11.3 Å². The van der Waals surface area contributed by atoms with Gasteiger partial charge in [0, 0.05) is 18.3 Å². The maximum atomic E-state index is 11.9. The number of rotatable bonds is 5. The van der Waals surface area contributed by atoms with Crippen molar-refractivity contribution in [3.63, 3.8) is 0 Å². The van der Waals surface area contributed by atoms with Gasteiger partial charge in [-0.1, -0.05) is 0 Å². The van der Waals surface area contributed by atoms with Crippen molar-refractivity contribution in [1.82, 2.24) is 19.9 Å². The molecule has 18 heavy (non-hydrogen) atoms. The van der Waals surface area contributed by atoms with Gasteiger partial charge in [0.15, 0.2) is 9.90 Å². The minimum absolute atomic E-state index is 0.0236. The van der Waals surface area contributed by atoms with Crippen molar-refractivity contribution in [3.05, 3.63) is 29.2 Å². The molecule has 8 nitrogen and oxygen atoms in total. The third-order valence-corrected chi connectivity index (χ3v) is 4.77. The second-order valence-corrected chi connectivity index (χ2v) is 6.04. The second kappa shape index (κ2) is 4.84. The number of carboxylic acid groups (broad SMARTS) is 1. The zero-order valence-corrected chi connectivity index (χ0v) is 10.5. The number of sulfonamides is 1. The van der Waals surface area contributed by atoms with Crippen molar-refractivity contribution in [3.8, 4) is 0 Å². The van der Waals surface area contributed by atoms with Gasteiger partial charge in [-0.2, -0.15) is 5.10 Å². The highest BCUT2D eigenvalue weighted by Crippen LogP contribution is 2.19. The standard InChI is InChI=1S/C8H8N4O4S2/c13-7(14)6-8(17-4-9-6)18(15,16)12-3-5-1-10-11-2-5/h1-2,4,12H,3H2,(H,10,11)(H,13,14). The second-order valence-electron chi connectivity index (χ2n) is 3.22. The average molecular weight is 288 g/mol. The molecule has 0 aromatic carbocycles. The molecule has 0 saturated heterocycles. The molecule has 0 aliphatic heterocycles. The predicted molar refractivity (Wildman–Crippen MR) is 61.7 cm³/mol. The fourth-order valence-corrected chi connectivity index (χ4v) is 3.39. The summed E-state index contributed by atoms with van der Waals surface area (Å²) in [4.78, 5) is 14.3. The smallest absolute Gasteiger partial charge is 0.356 e. The molecule has 0 spiro atoms. The van der Waals surface area contributed by atoms with Gasteiger partial charge in [0.25, 0.3) is 10.0 Å². The summed E-state index contributed by atoms with van der Waals surface area (Å²) in [5, 5.41) is 15.0. The zero-order valence-electron chi connectivity index (χ0n) is 8.82. The van der Waals surface area contributed by atoms with E-state index in [9.17, 15) is 13.2 Å². The predicted octanol–water partition coefficient (Wildman–Crippen LogP) is 0.0429. The third-order valence-electron chi connectivity index (χ3n) is 2.00. The van der Waals surface area contributed by atoms with E-state index >= 15 is 0 Å². The average Bonchev–Trinajstić information content (AvgIpc) is 2.98. The van der Waals surface area contributed by atoms with Gasteiger partial charge in [-0.3, -0.25) is 5.10 Å². The van der Waals surface area contributed by atoms with Crippen LogP contribution in [0.15, 0.2) is 22.1 Å². The van der Waals surface area contributed by atoms with Crippen molar-refractivity contribution >= 4 is 27.3 Å². The zero-order chi connectivity index (χ0) is 13.2. The Labute approximate surface area is 106 Å². The van der Waals surface area contributed by atoms with Gasteiger partial charge in [-0.25, -0.2) is 22.9 Å². The van der Waals surface area contributed by atoms with Crippen LogP contribution in [0.2, 0.25) is 0 Å². The lowest BCUT2D eigenvalue weighted by atomic mass is 10.4. The number of hydrogen-bond acceptors (Lipinski definition) is 6. The Hall–Kier alpha value is -1.78. The normalized spacial score (nSPS) is 11.6. The Morgan fingerprint density at radius 1 is 1.56 bits per heavy atom. The van der Waals surface area contributed by atoms with Gasteiger partial charge in [0.2, 0.25) is 0 Å². The first kappa shape index (κ1) is 12.7. The minimum Gasteiger partial charge on any atom is -0.476 e. The van der Waals surface area contributed by atoms with Crippen LogP contribution in [0.1, 0.15) is 16.1 Å². The number of aromatic nitrogens is 3.